The lowest BCUT2D eigenvalue weighted by molar-refractivity contribution is -0.130. The number of carbonyl (C=O) groups excluding carboxylic acids is 1. The highest BCUT2D eigenvalue weighted by molar-refractivity contribution is 7.99. The smallest absolute Gasteiger partial charge is 0.226 e. The predicted octanol–water partition coefficient (Wildman–Crippen LogP) is 4.79. The Morgan fingerprint density at radius 1 is 1.03 bits per heavy atom. The first-order chi connectivity index (χ1) is 14.6. The molecule has 0 N–H and O–H groups in total. The van der Waals surface area contributed by atoms with Crippen molar-refractivity contribution in [2.45, 2.75) is 26.7 Å². The molecule has 1 aromatic heterocycles. The van der Waals surface area contributed by atoms with E-state index in [-0.39, 0.29) is 5.91 Å². The fourth-order valence-electron chi connectivity index (χ4n) is 3.70. The number of aryl methyl sites for hydroxylation is 2. The van der Waals surface area contributed by atoms with E-state index in [0.717, 1.165) is 52.9 Å². The van der Waals surface area contributed by atoms with Gasteiger partial charge in [0.25, 0.3) is 0 Å². The number of amides is 1. The van der Waals surface area contributed by atoms with Crippen molar-refractivity contribution in [1.82, 2.24) is 14.7 Å². The largest absolute Gasteiger partial charge is 0.439 e. The fourth-order valence-corrected chi connectivity index (χ4v) is 4.60. The summed E-state index contributed by atoms with van der Waals surface area (Å²) in [7, 11) is 0. The van der Waals surface area contributed by atoms with Crippen LogP contribution in [-0.4, -0.2) is 45.2 Å². The van der Waals surface area contributed by atoms with Crippen molar-refractivity contribution in [2.75, 3.05) is 24.6 Å². The maximum absolute atomic E-state index is 12.7. The third-order valence-electron chi connectivity index (χ3n) is 5.39. The Labute approximate surface area is 182 Å². The minimum Gasteiger partial charge on any atom is -0.439 e. The molecule has 1 aliphatic heterocycles. The van der Waals surface area contributed by atoms with E-state index in [1.54, 1.807) is 0 Å². The summed E-state index contributed by atoms with van der Waals surface area (Å²) < 4.78 is 8.19. The molecule has 1 saturated heterocycles. The van der Waals surface area contributed by atoms with Gasteiger partial charge in [0.05, 0.1) is 11.4 Å². The van der Waals surface area contributed by atoms with E-state index in [9.17, 15) is 4.79 Å². The quantitative estimate of drug-likeness (QED) is 0.574. The number of rotatable bonds is 6. The van der Waals surface area contributed by atoms with Crippen LogP contribution < -0.4 is 4.74 Å². The molecule has 6 heteroatoms. The van der Waals surface area contributed by atoms with Crippen LogP contribution in [0.2, 0.25) is 0 Å². The van der Waals surface area contributed by atoms with Gasteiger partial charge in [-0.3, -0.25) is 4.79 Å². The Balaban J connectivity index is 1.65. The third kappa shape index (κ3) is 4.54. The van der Waals surface area contributed by atoms with Crippen LogP contribution >= 0.6 is 11.8 Å². The summed E-state index contributed by atoms with van der Waals surface area (Å²) in [4.78, 5) is 14.7. The topological polar surface area (TPSA) is 47.4 Å². The summed E-state index contributed by atoms with van der Waals surface area (Å²) in [5.74, 6) is 3.71. The lowest BCUT2D eigenvalue weighted by Gasteiger charge is -2.26. The summed E-state index contributed by atoms with van der Waals surface area (Å²) in [5.41, 5.74) is 3.98. The van der Waals surface area contributed by atoms with Crippen molar-refractivity contribution in [1.29, 1.82) is 0 Å². The highest BCUT2D eigenvalue weighted by Crippen LogP contribution is 2.32. The minimum absolute atomic E-state index is 0.212. The first kappa shape index (κ1) is 20.5. The summed E-state index contributed by atoms with van der Waals surface area (Å²) in [6, 6.07) is 17.9. The van der Waals surface area contributed by atoms with Gasteiger partial charge in [-0.25, -0.2) is 0 Å². The molecule has 0 atom stereocenters. The molecule has 2 heterocycles. The Morgan fingerprint density at radius 2 is 1.73 bits per heavy atom. The van der Waals surface area contributed by atoms with E-state index < -0.39 is 0 Å². The van der Waals surface area contributed by atoms with Crippen LogP contribution in [0.15, 0.2) is 54.6 Å². The summed E-state index contributed by atoms with van der Waals surface area (Å²) in [5, 5.41) is 4.79. The number of benzene rings is 2. The van der Waals surface area contributed by atoms with Gasteiger partial charge in [0, 0.05) is 36.6 Å². The van der Waals surface area contributed by atoms with Crippen molar-refractivity contribution >= 4 is 17.7 Å². The molecular weight excluding hydrogens is 394 g/mol. The zero-order valence-electron chi connectivity index (χ0n) is 17.5. The molecule has 0 bridgehead atoms. The Bertz CT molecular complexity index is 1010. The first-order valence-electron chi connectivity index (χ1n) is 10.4. The molecule has 3 aromatic rings. The molecule has 1 amide bonds. The summed E-state index contributed by atoms with van der Waals surface area (Å²) in [6.07, 6.45) is 1.08. The number of hydrogen-bond acceptors (Lipinski definition) is 4. The van der Waals surface area contributed by atoms with Gasteiger partial charge in [-0.05, 0) is 44.0 Å². The Hall–Kier alpha value is -2.73. The van der Waals surface area contributed by atoms with Crippen LogP contribution in [0, 0.1) is 13.8 Å². The molecule has 156 valence electrons. The number of para-hydroxylation sites is 2. The van der Waals surface area contributed by atoms with Gasteiger partial charge in [-0.15, -0.1) is 0 Å². The SMILES string of the molecule is Cc1ccccc1-n1nc(C)c(CCC(=O)N2CCSCC2)c1Oc1ccccc1. The maximum atomic E-state index is 12.7. The Morgan fingerprint density at radius 3 is 2.47 bits per heavy atom. The van der Waals surface area contributed by atoms with Crippen LogP contribution in [0.25, 0.3) is 5.69 Å². The van der Waals surface area contributed by atoms with Crippen molar-refractivity contribution in [3.05, 3.63) is 71.4 Å². The molecule has 0 saturated carbocycles. The van der Waals surface area contributed by atoms with Gasteiger partial charge in [0.1, 0.15) is 5.75 Å². The average molecular weight is 422 g/mol. The summed E-state index contributed by atoms with van der Waals surface area (Å²) in [6.45, 7) is 5.75. The normalized spacial score (nSPS) is 14.0. The van der Waals surface area contributed by atoms with E-state index in [0.29, 0.717) is 18.7 Å². The van der Waals surface area contributed by atoms with Gasteiger partial charge >= 0.3 is 0 Å². The van der Waals surface area contributed by atoms with Gasteiger partial charge in [0.2, 0.25) is 11.8 Å². The molecule has 4 rings (SSSR count). The monoisotopic (exact) mass is 421 g/mol. The van der Waals surface area contributed by atoms with Crippen LogP contribution in [-0.2, 0) is 11.2 Å². The predicted molar refractivity (Wildman–Crippen MR) is 122 cm³/mol. The first-order valence-corrected chi connectivity index (χ1v) is 11.5. The zero-order chi connectivity index (χ0) is 20.9. The van der Waals surface area contributed by atoms with Crippen LogP contribution in [0.3, 0.4) is 0 Å². The molecule has 0 spiro atoms. The van der Waals surface area contributed by atoms with Crippen molar-refractivity contribution in [3.63, 3.8) is 0 Å². The number of carbonyl (C=O) groups is 1. The average Bonchev–Trinajstić information content (AvgIpc) is 3.08. The molecule has 1 fully saturated rings. The number of nitrogens with zero attached hydrogens (tertiary/aromatic N) is 3. The van der Waals surface area contributed by atoms with E-state index in [1.807, 2.05) is 76.8 Å². The molecule has 0 unspecified atom stereocenters. The van der Waals surface area contributed by atoms with Gasteiger partial charge in [-0.2, -0.15) is 21.5 Å². The Kier molecular flexibility index (Phi) is 6.43. The van der Waals surface area contributed by atoms with Crippen molar-refractivity contribution in [2.24, 2.45) is 0 Å². The van der Waals surface area contributed by atoms with Gasteiger partial charge in [-0.1, -0.05) is 36.4 Å². The standard InChI is InChI=1S/C24H27N3O2S/c1-18-8-6-7-11-22(18)27-24(29-20-9-4-3-5-10-20)21(19(2)25-27)12-13-23(28)26-14-16-30-17-15-26/h3-11H,12-17H2,1-2H3. The molecule has 5 nitrogen and oxygen atoms in total. The third-order valence-corrected chi connectivity index (χ3v) is 6.33. The van der Waals surface area contributed by atoms with E-state index in [2.05, 4.69) is 13.0 Å². The zero-order valence-corrected chi connectivity index (χ0v) is 18.3. The second-order valence-corrected chi connectivity index (χ2v) is 8.70. The van der Waals surface area contributed by atoms with Crippen LogP contribution in [0.5, 0.6) is 11.6 Å². The molecule has 1 aliphatic rings. The van der Waals surface area contributed by atoms with Crippen LogP contribution in [0.4, 0.5) is 0 Å². The second kappa shape index (κ2) is 9.39. The second-order valence-electron chi connectivity index (χ2n) is 7.48. The molecule has 30 heavy (non-hydrogen) atoms. The fraction of sp³-hybridized carbons (Fsp3) is 0.333. The molecular formula is C24H27N3O2S. The molecule has 0 radical (unpaired) electrons. The highest BCUT2D eigenvalue weighted by atomic mass is 32.2. The lowest BCUT2D eigenvalue weighted by atomic mass is 10.1. The van der Waals surface area contributed by atoms with E-state index in [1.165, 1.54) is 0 Å². The maximum Gasteiger partial charge on any atom is 0.226 e. The molecule has 2 aromatic carbocycles. The summed E-state index contributed by atoms with van der Waals surface area (Å²) >= 11 is 1.91. The van der Waals surface area contributed by atoms with E-state index in [4.69, 9.17) is 9.84 Å². The number of thioether (sulfide) groups is 1. The van der Waals surface area contributed by atoms with Gasteiger partial charge in [0.15, 0.2) is 0 Å². The van der Waals surface area contributed by atoms with Gasteiger partial charge < -0.3 is 9.64 Å². The van der Waals surface area contributed by atoms with Crippen molar-refractivity contribution in [3.8, 4) is 17.3 Å². The van der Waals surface area contributed by atoms with Crippen molar-refractivity contribution < 1.29 is 9.53 Å². The number of aromatic nitrogens is 2. The molecule has 0 aliphatic carbocycles. The highest BCUT2D eigenvalue weighted by Gasteiger charge is 2.22. The number of hydrogen-bond donors (Lipinski definition) is 0. The van der Waals surface area contributed by atoms with Crippen LogP contribution in [0.1, 0.15) is 23.2 Å². The minimum atomic E-state index is 0.212. The lowest BCUT2D eigenvalue weighted by Crippen LogP contribution is -2.38. The van der Waals surface area contributed by atoms with E-state index >= 15 is 0 Å². The number of ether oxygens (including phenoxy) is 1.